The summed E-state index contributed by atoms with van der Waals surface area (Å²) in [4.78, 5) is 24.9. The van der Waals surface area contributed by atoms with Crippen molar-refractivity contribution in [1.29, 1.82) is 0 Å². The molecule has 0 bridgehead atoms. The molecule has 1 aliphatic rings. The normalized spacial score (nSPS) is 17.2. The van der Waals surface area contributed by atoms with Crippen molar-refractivity contribution in [2.75, 3.05) is 24.5 Å². The van der Waals surface area contributed by atoms with Crippen LogP contribution in [-0.2, 0) is 11.2 Å². The first-order valence-electron chi connectivity index (χ1n) is 9.49. The Morgan fingerprint density at radius 1 is 1.30 bits per heavy atom. The van der Waals surface area contributed by atoms with Gasteiger partial charge in [-0.3, -0.25) is 4.79 Å². The fourth-order valence-electron chi connectivity index (χ4n) is 3.61. The molecule has 1 amide bonds. The highest BCUT2D eigenvalue weighted by Gasteiger charge is 2.27. The zero-order chi connectivity index (χ0) is 18.6. The van der Waals surface area contributed by atoms with E-state index in [9.17, 15) is 4.79 Å². The summed E-state index contributed by atoms with van der Waals surface area (Å²) in [6.45, 7) is 4.48. The highest BCUT2D eigenvalue weighted by molar-refractivity contribution is 7.21. The molecule has 0 aliphatic carbocycles. The van der Waals surface area contributed by atoms with Gasteiger partial charge in [-0.2, -0.15) is 0 Å². The first kappa shape index (κ1) is 17.9. The van der Waals surface area contributed by atoms with Crippen LogP contribution in [0.2, 0.25) is 0 Å². The van der Waals surface area contributed by atoms with E-state index < -0.39 is 0 Å². The SMILES string of the molecule is Cc1ccccc1CCNC(=O)C1CCCN(c2nc3cccnc3s2)C1. The van der Waals surface area contributed by atoms with Gasteiger partial charge in [0.1, 0.15) is 10.3 Å². The number of pyridine rings is 1. The molecule has 1 unspecified atom stereocenters. The number of nitrogens with one attached hydrogen (secondary N) is 1. The van der Waals surface area contributed by atoms with Crippen LogP contribution in [0.3, 0.4) is 0 Å². The van der Waals surface area contributed by atoms with Gasteiger partial charge in [-0.1, -0.05) is 35.6 Å². The van der Waals surface area contributed by atoms with E-state index >= 15 is 0 Å². The van der Waals surface area contributed by atoms with Crippen molar-refractivity contribution in [2.45, 2.75) is 26.2 Å². The molecule has 0 saturated carbocycles. The van der Waals surface area contributed by atoms with Crippen LogP contribution < -0.4 is 10.2 Å². The van der Waals surface area contributed by atoms with Crippen LogP contribution in [0.15, 0.2) is 42.6 Å². The molecule has 1 fully saturated rings. The number of nitrogens with zero attached hydrogens (tertiary/aromatic N) is 3. The molecule has 27 heavy (non-hydrogen) atoms. The summed E-state index contributed by atoms with van der Waals surface area (Å²) in [5, 5.41) is 4.10. The van der Waals surface area contributed by atoms with Crippen LogP contribution in [0.4, 0.5) is 5.13 Å². The Balaban J connectivity index is 1.34. The first-order valence-corrected chi connectivity index (χ1v) is 10.3. The van der Waals surface area contributed by atoms with E-state index in [1.807, 2.05) is 18.2 Å². The molecule has 0 spiro atoms. The lowest BCUT2D eigenvalue weighted by atomic mass is 9.97. The van der Waals surface area contributed by atoms with Crippen LogP contribution in [0, 0.1) is 12.8 Å². The molecule has 3 heterocycles. The molecule has 6 heteroatoms. The van der Waals surface area contributed by atoms with Crippen molar-refractivity contribution in [3.8, 4) is 0 Å². The predicted molar refractivity (Wildman–Crippen MR) is 110 cm³/mol. The minimum absolute atomic E-state index is 0.0237. The van der Waals surface area contributed by atoms with E-state index in [1.165, 1.54) is 11.1 Å². The molecule has 0 radical (unpaired) electrons. The van der Waals surface area contributed by atoms with Gasteiger partial charge in [0.25, 0.3) is 0 Å². The van der Waals surface area contributed by atoms with Crippen molar-refractivity contribution < 1.29 is 4.79 Å². The average Bonchev–Trinajstić information content (AvgIpc) is 3.14. The highest BCUT2D eigenvalue weighted by Crippen LogP contribution is 2.30. The molecule has 1 N–H and O–H groups in total. The number of piperidine rings is 1. The number of aryl methyl sites for hydroxylation is 1. The number of anilines is 1. The number of benzene rings is 1. The quantitative estimate of drug-likeness (QED) is 0.735. The number of rotatable bonds is 5. The fraction of sp³-hybridized carbons (Fsp3) is 0.381. The van der Waals surface area contributed by atoms with Crippen molar-refractivity contribution in [1.82, 2.24) is 15.3 Å². The molecular formula is C21H24N4OS. The third kappa shape index (κ3) is 4.11. The molecule has 3 aromatic rings. The van der Waals surface area contributed by atoms with Crippen LogP contribution in [-0.4, -0.2) is 35.5 Å². The number of carbonyl (C=O) groups is 1. The molecule has 4 rings (SSSR count). The van der Waals surface area contributed by atoms with Crippen LogP contribution >= 0.6 is 11.3 Å². The van der Waals surface area contributed by atoms with Gasteiger partial charge in [0.2, 0.25) is 5.91 Å². The van der Waals surface area contributed by atoms with E-state index in [2.05, 4.69) is 40.3 Å². The van der Waals surface area contributed by atoms with E-state index in [-0.39, 0.29) is 11.8 Å². The number of aromatic nitrogens is 2. The van der Waals surface area contributed by atoms with Gasteiger partial charge in [0.15, 0.2) is 5.13 Å². The Labute approximate surface area is 163 Å². The largest absolute Gasteiger partial charge is 0.355 e. The number of hydrogen-bond donors (Lipinski definition) is 1. The van der Waals surface area contributed by atoms with E-state index in [4.69, 9.17) is 4.98 Å². The predicted octanol–water partition coefficient (Wildman–Crippen LogP) is 3.58. The minimum atomic E-state index is 0.0237. The second kappa shape index (κ2) is 8.05. The third-order valence-corrected chi connectivity index (χ3v) is 6.21. The summed E-state index contributed by atoms with van der Waals surface area (Å²) in [6.07, 6.45) is 4.62. The third-order valence-electron chi connectivity index (χ3n) is 5.17. The molecule has 5 nitrogen and oxygen atoms in total. The zero-order valence-corrected chi connectivity index (χ0v) is 16.3. The van der Waals surface area contributed by atoms with Crippen LogP contribution in [0.25, 0.3) is 10.3 Å². The zero-order valence-electron chi connectivity index (χ0n) is 15.5. The average molecular weight is 381 g/mol. The monoisotopic (exact) mass is 380 g/mol. The molecule has 1 aromatic carbocycles. The summed E-state index contributed by atoms with van der Waals surface area (Å²) in [5.41, 5.74) is 3.51. The maximum atomic E-state index is 12.7. The lowest BCUT2D eigenvalue weighted by Crippen LogP contribution is -2.43. The Morgan fingerprint density at radius 3 is 3.04 bits per heavy atom. The van der Waals surface area contributed by atoms with Crippen molar-refractivity contribution >= 4 is 32.7 Å². The molecular weight excluding hydrogens is 356 g/mol. The van der Waals surface area contributed by atoms with E-state index in [0.717, 1.165) is 47.8 Å². The van der Waals surface area contributed by atoms with Crippen LogP contribution in [0.5, 0.6) is 0 Å². The smallest absolute Gasteiger partial charge is 0.224 e. The van der Waals surface area contributed by atoms with E-state index in [1.54, 1.807) is 17.5 Å². The number of carbonyl (C=O) groups excluding carboxylic acids is 1. The van der Waals surface area contributed by atoms with Crippen LogP contribution in [0.1, 0.15) is 24.0 Å². The van der Waals surface area contributed by atoms with Gasteiger partial charge in [-0.05, 0) is 49.4 Å². The second-order valence-corrected chi connectivity index (χ2v) is 8.03. The lowest BCUT2D eigenvalue weighted by Gasteiger charge is -2.31. The fourth-order valence-corrected chi connectivity index (χ4v) is 4.56. The summed E-state index contributed by atoms with van der Waals surface area (Å²) >= 11 is 1.61. The molecule has 1 saturated heterocycles. The van der Waals surface area contributed by atoms with Crippen molar-refractivity contribution in [3.63, 3.8) is 0 Å². The standard InChI is InChI=1S/C21H24N4OS/c1-15-6-2-3-7-16(15)10-12-22-19(26)17-8-5-13-25(14-17)21-24-18-9-4-11-23-20(18)27-21/h2-4,6-7,9,11,17H,5,8,10,12-14H2,1H3,(H,22,26). The maximum Gasteiger partial charge on any atom is 0.224 e. The Bertz CT molecular complexity index is 906. The van der Waals surface area contributed by atoms with Gasteiger partial charge < -0.3 is 10.2 Å². The van der Waals surface area contributed by atoms with Crippen molar-refractivity contribution in [2.24, 2.45) is 5.92 Å². The molecule has 140 valence electrons. The Kier molecular flexibility index (Phi) is 5.34. The summed E-state index contributed by atoms with van der Waals surface area (Å²) < 4.78 is 0. The van der Waals surface area contributed by atoms with E-state index in [0.29, 0.717) is 6.54 Å². The summed E-state index contributed by atoms with van der Waals surface area (Å²) in [5.74, 6) is 0.183. The number of hydrogen-bond acceptors (Lipinski definition) is 5. The maximum absolute atomic E-state index is 12.7. The summed E-state index contributed by atoms with van der Waals surface area (Å²) in [6, 6.07) is 12.2. The molecule has 1 atom stereocenters. The number of fused-ring (bicyclic) bond motifs is 1. The molecule has 1 aliphatic heterocycles. The first-order chi connectivity index (χ1) is 13.2. The highest BCUT2D eigenvalue weighted by atomic mass is 32.1. The molecule has 2 aromatic heterocycles. The van der Waals surface area contributed by atoms with Crippen molar-refractivity contribution in [3.05, 3.63) is 53.7 Å². The topological polar surface area (TPSA) is 58.1 Å². The number of thiazole rings is 1. The Hall–Kier alpha value is -2.47. The summed E-state index contributed by atoms with van der Waals surface area (Å²) in [7, 11) is 0. The Morgan fingerprint density at radius 2 is 2.19 bits per heavy atom. The minimum Gasteiger partial charge on any atom is -0.355 e. The van der Waals surface area contributed by atoms with Gasteiger partial charge >= 0.3 is 0 Å². The van der Waals surface area contributed by atoms with Gasteiger partial charge in [-0.25, -0.2) is 9.97 Å². The van der Waals surface area contributed by atoms with Gasteiger partial charge in [0.05, 0.1) is 5.92 Å². The second-order valence-electron chi connectivity index (χ2n) is 7.08. The lowest BCUT2D eigenvalue weighted by molar-refractivity contribution is -0.125. The van der Waals surface area contributed by atoms with Gasteiger partial charge in [0, 0.05) is 25.8 Å². The van der Waals surface area contributed by atoms with Gasteiger partial charge in [-0.15, -0.1) is 0 Å². The number of amides is 1.